The Labute approximate surface area is 128 Å². The van der Waals surface area contributed by atoms with Crippen molar-refractivity contribution in [3.05, 3.63) is 0 Å². The van der Waals surface area contributed by atoms with Crippen LogP contribution in [0.3, 0.4) is 0 Å². The molecule has 0 fully saturated rings. The molecule has 0 amide bonds. The Morgan fingerprint density at radius 3 is 1.90 bits per heavy atom. The summed E-state index contributed by atoms with van der Waals surface area (Å²) in [6, 6.07) is 0. The summed E-state index contributed by atoms with van der Waals surface area (Å²) in [6.45, 7) is 8.40. The van der Waals surface area contributed by atoms with Crippen LogP contribution >= 0.6 is 0 Å². The number of rotatable bonds is 14. The zero-order valence-corrected chi connectivity index (χ0v) is 16.2. The summed E-state index contributed by atoms with van der Waals surface area (Å²) < 4.78 is 10.8. The Morgan fingerprint density at radius 1 is 0.950 bits per heavy atom. The normalized spacial score (nSPS) is 13.7. The zero-order valence-electron chi connectivity index (χ0n) is 14.1. The van der Waals surface area contributed by atoms with Crippen molar-refractivity contribution in [3.8, 4) is 0 Å². The summed E-state index contributed by atoms with van der Waals surface area (Å²) in [5.74, 6) is 0. The van der Waals surface area contributed by atoms with Gasteiger partial charge in [-0.2, -0.15) is 0 Å². The van der Waals surface area contributed by atoms with Crippen LogP contribution in [0, 0.1) is 0 Å². The van der Waals surface area contributed by atoms with Gasteiger partial charge in [-0.25, -0.2) is 0 Å². The molecule has 0 aliphatic heterocycles. The molecule has 0 saturated carbocycles. The molecule has 0 radical (unpaired) electrons. The van der Waals surface area contributed by atoms with E-state index in [0.717, 1.165) is 6.61 Å². The molecule has 122 valence electrons. The van der Waals surface area contributed by atoms with Gasteiger partial charge in [0.05, 0.1) is 0 Å². The average Bonchev–Trinajstić information content (AvgIpc) is 2.44. The molecular formula is C16H36GeO3. The summed E-state index contributed by atoms with van der Waals surface area (Å²) in [5, 5.41) is 15.1. The first kappa shape index (κ1) is 20.4. The predicted molar refractivity (Wildman–Crippen MR) is 89.2 cm³/mol. The molecule has 4 heteroatoms. The predicted octanol–water partition coefficient (Wildman–Crippen LogP) is 4.08. The number of hydrogen-bond acceptors (Lipinski definition) is 3. The van der Waals surface area contributed by atoms with Crippen molar-refractivity contribution in [2.75, 3.05) is 26.9 Å². The van der Waals surface area contributed by atoms with Crippen molar-refractivity contribution in [3.63, 3.8) is 0 Å². The fourth-order valence-electron chi connectivity index (χ4n) is 3.30. The molecule has 20 heavy (non-hydrogen) atoms. The molecule has 0 spiro atoms. The van der Waals surface area contributed by atoms with Crippen LogP contribution in [0.1, 0.15) is 46.5 Å². The average molecular weight is 349 g/mol. The second-order valence-corrected chi connectivity index (χ2v) is 16.5. The van der Waals surface area contributed by atoms with Crippen molar-refractivity contribution in [1.29, 1.82) is 0 Å². The van der Waals surface area contributed by atoms with Crippen LogP contribution in [0.4, 0.5) is 0 Å². The topological polar surface area (TPSA) is 38.7 Å². The number of methoxy groups -OCH3 is 1. The maximum absolute atomic E-state index is 9.03. The fraction of sp³-hybridized carbons (Fsp3) is 1.00. The minimum atomic E-state index is -1.60. The number of aliphatic hydroxyl groups excluding tert-OH is 1. The SMILES string of the molecule is CC[CH2][Ge]([CH2]CC)([CH2]CC)[CH2]CCOCC(CO)OC. The molecule has 0 aliphatic rings. The quantitative estimate of drug-likeness (QED) is 0.379. The van der Waals surface area contributed by atoms with Crippen LogP contribution < -0.4 is 0 Å². The fourth-order valence-corrected chi connectivity index (χ4v) is 15.0. The van der Waals surface area contributed by atoms with E-state index in [0.29, 0.717) is 6.61 Å². The summed E-state index contributed by atoms with van der Waals surface area (Å²) in [6.07, 6.45) is 5.11. The van der Waals surface area contributed by atoms with Gasteiger partial charge in [0.1, 0.15) is 0 Å². The molecule has 1 N–H and O–H groups in total. The molecule has 3 nitrogen and oxygen atoms in total. The van der Waals surface area contributed by atoms with E-state index in [1.165, 1.54) is 46.7 Å². The van der Waals surface area contributed by atoms with Gasteiger partial charge in [0, 0.05) is 0 Å². The van der Waals surface area contributed by atoms with Gasteiger partial charge in [-0.3, -0.25) is 0 Å². The van der Waals surface area contributed by atoms with Crippen LogP contribution in [0.25, 0.3) is 0 Å². The van der Waals surface area contributed by atoms with E-state index in [1.54, 1.807) is 7.11 Å². The van der Waals surface area contributed by atoms with Crippen molar-refractivity contribution in [2.45, 2.75) is 73.6 Å². The molecule has 1 atom stereocenters. The summed E-state index contributed by atoms with van der Waals surface area (Å²) in [4.78, 5) is 0. The van der Waals surface area contributed by atoms with Crippen LogP contribution in [-0.2, 0) is 9.47 Å². The molecular weight excluding hydrogens is 313 g/mol. The van der Waals surface area contributed by atoms with Gasteiger partial charge in [-0.05, 0) is 0 Å². The van der Waals surface area contributed by atoms with Gasteiger partial charge in [0.25, 0.3) is 0 Å². The molecule has 0 rings (SSSR count). The van der Waals surface area contributed by atoms with E-state index in [2.05, 4.69) is 20.8 Å². The van der Waals surface area contributed by atoms with Crippen molar-refractivity contribution < 1.29 is 14.6 Å². The van der Waals surface area contributed by atoms with E-state index in [9.17, 15) is 0 Å². The first-order chi connectivity index (χ1) is 9.67. The second kappa shape index (κ2) is 13.1. The molecule has 0 aliphatic carbocycles. The minimum absolute atomic E-state index is 0.0414. The number of hydrogen-bond donors (Lipinski definition) is 1. The Kier molecular flexibility index (Phi) is 13.4. The molecule has 0 bridgehead atoms. The van der Waals surface area contributed by atoms with Crippen molar-refractivity contribution >= 4 is 13.3 Å². The van der Waals surface area contributed by atoms with E-state index in [-0.39, 0.29) is 12.7 Å². The summed E-state index contributed by atoms with van der Waals surface area (Å²) in [7, 11) is 1.62. The van der Waals surface area contributed by atoms with Gasteiger partial charge in [0.15, 0.2) is 0 Å². The van der Waals surface area contributed by atoms with Gasteiger partial charge in [-0.1, -0.05) is 0 Å². The summed E-state index contributed by atoms with van der Waals surface area (Å²) in [5.41, 5.74) is 0. The third kappa shape index (κ3) is 8.65. The Balaban J connectivity index is 4.05. The van der Waals surface area contributed by atoms with E-state index < -0.39 is 13.3 Å². The molecule has 0 aromatic heterocycles. The Bertz CT molecular complexity index is 191. The van der Waals surface area contributed by atoms with Crippen molar-refractivity contribution in [1.82, 2.24) is 0 Å². The van der Waals surface area contributed by atoms with Gasteiger partial charge in [-0.15, -0.1) is 0 Å². The first-order valence-electron chi connectivity index (χ1n) is 8.39. The third-order valence-electron chi connectivity index (χ3n) is 4.18. The Hall–Kier alpha value is 0.423. The number of aliphatic hydroxyl groups is 1. The molecule has 0 saturated heterocycles. The van der Waals surface area contributed by atoms with Crippen LogP contribution in [0.15, 0.2) is 0 Å². The molecule has 0 heterocycles. The molecule has 0 aromatic rings. The maximum atomic E-state index is 9.03. The standard InChI is InChI=1S/C16H36GeO3/c1-5-9-17(10-6-2,11-7-3)12-8-13-20-15-16(14-18)19-4/h16,18H,5-15H2,1-4H3. The number of ether oxygens (including phenoxy) is 2. The van der Waals surface area contributed by atoms with Crippen LogP contribution in [0.5, 0.6) is 0 Å². The molecule has 1 unspecified atom stereocenters. The van der Waals surface area contributed by atoms with Crippen LogP contribution in [-0.4, -0.2) is 51.4 Å². The van der Waals surface area contributed by atoms with Gasteiger partial charge < -0.3 is 0 Å². The van der Waals surface area contributed by atoms with E-state index >= 15 is 0 Å². The molecule has 0 aromatic carbocycles. The first-order valence-corrected chi connectivity index (χ1v) is 14.3. The monoisotopic (exact) mass is 350 g/mol. The van der Waals surface area contributed by atoms with Gasteiger partial charge >= 0.3 is 128 Å². The van der Waals surface area contributed by atoms with Crippen LogP contribution in [0.2, 0.25) is 21.0 Å². The van der Waals surface area contributed by atoms with Gasteiger partial charge in [0.2, 0.25) is 0 Å². The van der Waals surface area contributed by atoms with Crippen molar-refractivity contribution in [2.24, 2.45) is 0 Å². The van der Waals surface area contributed by atoms with E-state index in [1.807, 2.05) is 0 Å². The Morgan fingerprint density at radius 2 is 1.50 bits per heavy atom. The zero-order chi connectivity index (χ0) is 15.3. The summed E-state index contributed by atoms with van der Waals surface area (Å²) >= 11 is -1.60. The third-order valence-corrected chi connectivity index (χ3v) is 17.0. The van der Waals surface area contributed by atoms with E-state index in [4.69, 9.17) is 14.6 Å². The second-order valence-electron chi connectivity index (χ2n) is 5.97.